The summed E-state index contributed by atoms with van der Waals surface area (Å²) in [6, 6.07) is 0. The van der Waals surface area contributed by atoms with E-state index in [1.807, 2.05) is 4.90 Å². The van der Waals surface area contributed by atoms with Crippen LogP contribution in [0, 0.1) is 0 Å². The maximum absolute atomic E-state index is 12.8. The molecule has 2 nitrogen and oxygen atoms in total. The van der Waals surface area contributed by atoms with E-state index in [2.05, 4.69) is 0 Å². The molecule has 0 bridgehead atoms. The predicted octanol–water partition coefficient (Wildman–Crippen LogP) is 0.708. The van der Waals surface area contributed by atoms with E-state index in [9.17, 15) is 8.78 Å². The lowest BCUT2D eigenvalue weighted by atomic mass is 10.1. The van der Waals surface area contributed by atoms with Crippen molar-refractivity contribution in [2.24, 2.45) is 0 Å². The van der Waals surface area contributed by atoms with Gasteiger partial charge in [-0.2, -0.15) is 0 Å². The quantitative estimate of drug-likeness (QED) is 0.571. The molecule has 1 aliphatic rings. The van der Waals surface area contributed by atoms with Gasteiger partial charge in [0.2, 0.25) is 0 Å². The third-order valence-electron chi connectivity index (χ3n) is 2.10. The molecule has 0 spiro atoms. The van der Waals surface area contributed by atoms with Crippen LogP contribution in [0.25, 0.3) is 0 Å². The molecule has 66 valence electrons. The molecule has 11 heavy (non-hydrogen) atoms. The van der Waals surface area contributed by atoms with Crippen molar-refractivity contribution in [2.75, 3.05) is 20.1 Å². The van der Waals surface area contributed by atoms with Gasteiger partial charge in [-0.25, -0.2) is 8.78 Å². The zero-order valence-electron chi connectivity index (χ0n) is 6.56. The van der Waals surface area contributed by atoms with Crippen molar-refractivity contribution in [3.8, 4) is 0 Å². The molecule has 0 amide bonds. The van der Waals surface area contributed by atoms with Gasteiger partial charge in [0.25, 0.3) is 5.92 Å². The predicted molar refractivity (Wildman–Crippen MR) is 37.7 cm³/mol. The third kappa shape index (κ3) is 2.10. The lowest BCUT2D eigenvalue weighted by Crippen LogP contribution is -2.32. The third-order valence-corrected chi connectivity index (χ3v) is 2.10. The largest absolute Gasteiger partial charge is 0.387 e. The van der Waals surface area contributed by atoms with Crippen molar-refractivity contribution in [1.29, 1.82) is 0 Å². The maximum Gasteiger partial charge on any atom is 0.274 e. The first-order chi connectivity index (χ1) is 5.02. The Kier molecular flexibility index (Phi) is 2.44. The Morgan fingerprint density at radius 2 is 2.09 bits per heavy atom. The lowest BCUT2D eigenvalue weighted by Gasteiger charge is -2.18. The first kappa shape index (κ1) is 8.87. The van der Waals surface area contributed by atoms with Gasteiger partial charge in [0.05, 0.1) is 0 Å². The monoisotopic (exact) mass is 165 g/mol. The van der Waals surface area contributed by atoms with E-state index in [1.54, 1.807) is 7.05 Å². The second-order valence-electron chi connectivity index (χ2n) is 3.12. The second kappa shape index (κ2) is 3.03. The molecular formula is C7H13F2NO. The van der Waals surface area contributed by atoms with Gasteiger partial charge in [0.15, 0.2) is 0 Å². The number of alkyl halides is 2. The van der Waals surface area contributed by atoms with Crippen molar-refractivity contribution in [3.05, 3.63) is 0 Å². The molecule has 0 aliphatic carbocycles. The summed E-state index contributed by atoms with van der Waals surface area (Å²) in [5, 5.41) is 8.96. The van der Waals surface area contributed by atoms with Crippen LogP contribution in [0.4, 0.5) is 8.78 Å². The van der Waals surface area contributed by atoms with Crippen molar-refractivity contribution in [2.45, 2.75) is 24.9 Å². The number of aliphatic hydroxyl groups excluding tert-OH is 1. The summed E-state index contributed by atoms with van der Waals surface area (Å²) in [5.41, 5.74) is 0. The molecule has 0 radical (unpaired) electrons. The van der Waals surface area contributed by atoms with Gasteiger partial charge in [-0.15, -0.1) is 0 Å². The Hall–Kier alpha value is -0.220. The van der Waals surface area contributed by atoms with E-state index in [0.29, 0.717) is 13.1 Å². The van der Waals surface area contributed by atoms with Crippen molar-refractivity contribution < 1.29 is 13.9 Å². The highest BCUT2D eigenvalue weighted by Gasteiger charge is 2.39. The molecule has 1 unspecified atom stereocenters. The molecule has 0 aromatic heterocycles. The highest BCUT2D eigenvalue weighted by Crippen LogP contribution is 2.27. The molecule has 1 atom stereocenters. The highest BCUT2D eigenvalue weighted by atomic mass is 19.3. The summed E-state index contributed by atoms with van der Waals surface area (Å²) in [4.78, 5) is 1.81. The molecule has 0 aromatic rings. The van der Waals surface area contributed by atoms with Crippen LogP contribution in [0.3, 0.4) is 0 Å². The van der Waals surface area contributed by atoms with Gasteiger partial charge in [-0.3, -0.25) is 0 Å². The average Bonchev–Trinajstić information content (AvgIpc) is 2.03. The average molecular weight is 165 g/mol. The zero-order valence-corrected chi connectivity index (χ0v) is 6.56. The Labute approximate surface area is 64.8 Å². The molecule has 1 N–H and O–H groups in total. The maximum atomic E-state index is 12.8. The zero-order chi connectivity index (χ0) is 8.48. The SMILES string of the molecule is CN1CCC(O)C(F)(F)CC1. The number of halogens is 2. The van der Waals surface area contributed by atoms with E-state index in [1.165, 1.54) is 0 Å². The normalized spacial score (nSPS) is 33.3. The van der Waals surface area contributed by atoms with Crippen LogP contribution in [-0.4, -0.2) is 42.2 Å². The number of hydrogen-bond acceptors (Lipinski definition) is 2. The van der Waals surface area contributed by atoms with Crippen LogP contribution in [0.15, 0.2) is 0 Å². The second-order valence-corrected chi connectivity index (χ2v) is 3.12. The van der Waals surface area contributed by atoms with Gasteiger partial charge >= 0.3 is 0 Å². The Morgan fingerprint density at radius 1 is 1.45 bits per heavy atom. The minimum atomic E-state index is -2.88. The fourth-order valence-electron chi connectivity index (χ4n) is 1.17. The molecule has 1 rings (SSSR count). The van der Waals surface area contributed by atoms with Gasteiger partial charge < -0.3 is 10.0 Å². The van der Waals surface area contributed by atoms with Crippen molar-refractivity contribution >= 4 is 0 Å². The lowest BCUT2D eigenvalue weighted by molar-refractivity contribution is -0.108. The summed E-state index contributed by atoms with van der Waals surface area (Å²) in [6.07, 6.45) is -1.51. The molecule has 1 aliphatic heterocycles. The van der Waals surface area contributed by atoms with Crippen LogP contribution in [-0.2, 0) is 0 Å². The number of hydrogen-bond donors (Lipinski definition) is 1. The summed E-state index contributed by atoms with van der Waals surface area (Å²) < 4.78 is 25.5. The number of likely N-dealkylation sites (tertiary alicyclic amines) is 1. The van der Waals surface area contributed by atoms with E-state index in [4.69, 9.17) is 5.11 Å². The number of aliphatic hydroxyl groups is 1. The van der Waals surface area contributed by atoms with Gasteiger partial charge in [-0.1, -0.05) is 0 Å². The van der Waals surface area contributed by atoms with Crippen LogP contribution in [0.5, 0.6) is 0 Å². The highest BCUT2D eigenvalue weighted by molar-refractivity contribution is 4.81. The van der Waals surface area contributed by atoms with E-state index >= 15 is 0 Å². The molecule has 4 heteroatoms. The standard InChI is InChI=1S/C7H13F2NO/c1-10-4-2-6(11)7(8,9)3-5-10/h6,11H,2-5H2,1H3. The molecule has 1 fully saturated rings. The van der Waals surface area contributed by atoms with Gasteiger partial charge in [0.1, 0.15) is 6.10 Å². The minimum Gasteiger partial charge on any atom is -0.387 e. The molecule has 0 aromatic carbocycles. The van der Waals surface area contributed by atoms with Gasteiger partial charge in [-0.05, 0) is 13.5 Å². The Bertz CT molecular complexity index is 140. The summed E-state index contributed by atoms with van der Waals surface area (Å²) >= 11 is 0. The Balaban J connectivity index is 2.56. The molecule has 0 saturated carbocycles. The summed E-state index contributed by atoms with van der Waals surface area (Å²) in [5.74, 6) is -2.88. The fraction of sp³-hybridized carbons (Fsp3) is 1.00. The van der Waals surface area contributed by atoms with E-state index < -0.39 is 12.0 Å². The summed E-state index contributed by atoms with van der Waals surface area (Å²) in [6.45, 7) is 0.917. The fourth-order valence-corrected chi connectivity index (χ4v) is 1.17. The number of nitrogens with zero attached hydrogens (tertiary/aromatic N) is 1. The number of rotatable bonds is 0. The van der Waals surface area contributed by atoms with E-state index in [-0.39, 0.29) is 12.8 Å². The molecule has 1 saturated heterocycles. The smallest absolute Gasteiger partial charge is 0.274 e. The first-order valence-corrected chi connectivity index (χ1v) is 3.77. The van der Waals surface area contributed by atoms with Crippen LogP contribution in [0.1, 0.15) is 12.8 Å². The summed E-state index contributed by atoms with van der Waals surface area (Å²) in [7, 11) is 1.79. The van der Waals surface area contributed by atoms with Crippen LogP contribution >= 0.6 is 0 Å². The Morgan fingerprint density at radius 3 is 2.73 bits per heavy atom. The minimum absolute atomic E-state index is 0.170. The molecular weight excluding hydrogens is 152 g/mol. The molecule has 1 heterocycles. The van der Waals surface area contributed by atoms with Crippen molar-refractivity contribution in [1.82, 2.24) is 4.90 Å². The van der Waals surface area contributed by atoms with Crippen molar-refractivity contribution in [3.63, 3.8) is 0 Å². The topological polar surface area (TPSA) is 23.5 Å². The van der Waals surface area contributed by atoms with E-state index in [0.717, 1.165) is 0 Å². The first-order valence-electron chi connectivity index (χ1n) is 3.77. The van der Waals surface area contributed by atoms with Crippen LogP contribution < -0.4 is 0 Å². The van der Waals surface area contributed by atoms with Crippen LogP contribution in [0.2, 0.25) is 0 Å². The van der Waals surface area contributed by atoms with Gasteiger partial charge in [0, 0.05) is 19.5 Å².